The molecule has 1 amide bonds. The number of hydrogen-bond donors (Lipinski definition) is 1. The molecule has 9 heteroatoms. The van der Waals surface area contributed by atoms with Gasteiger partial charge in [-0.2, -0.15) is 4.68 Å². The molecular weight excluding hydrogens is 226 g/mol. The summed E-state index contributed by atoms with van der Waals surface area (Å²) >= 11 is 0. The summed E-state index contributed by atoms with van der Waals surface area (Å²) in [4.78, 5) is 20.7. The molecule has 0 aliphatic carbocycles. The molecule has 1 aromatic heterocycles. The number of halogens is 2. The van der Waals surface area contributed by atoms with Gasteiger partial charge in [-0.3, -0.25) is 4.79 Å². The van der Waals surface area contributed by atoms with E-state index >= 15 is 0 Å². The Morgan fingerprint density at radius 2 is 2.38 bits per heavy atom. The first kappa shape index (κ1) is 12.0. The Hall–Kier alpha value is -2.06. The number of hydrogen-bond acceptors (Lipinski definition) is 4. The van der Waals surface area contributed by atoms with E-state index in [1.54, 1.807) is 0 Å². The predicted octanol–water partition coefficient (Wildman–Crippen LogP) is 0.416. The average molecular weight is 234 g/mol. The van der Waals surface area contributed by atoms with Gasteiger partial charge in [0.15, 0.2) is 5.69 Å². The van der Waals surface area contributed by atoms with Crippen LogP contribution in [0.15, 0.2) is 6.07 Å². The molecule has 0 bridgehead atoms. The first-order chi connectivity index (χ1) is 7.45. The van der Waals surface area contributed by atoms with Gasteiger partial charge in [-0.05, 0) is 4.92 Å². The second-order valence-corrected chi connectivity index (χ2v) is 2.80. The van der Waals surface area contributed by atoms with Crippen molar-refractivity contribution in [3.8, 4) is 0 Å². The molecule has 0 radical (unpaired) electrons. The van der Waals surface area contributed by atoms with Crippen molar-refractivity contribution in [3.05, 3.63) is 21.9 Å². The zero-order chi connectivity index (χ0) is 12.3. The summed E-state index contributed by atoms with van der Waals surface area (Å²) in [6.45, 7) is -0.864. The molecule has 7 nitrogen and oxygen atoms in total. The third-order valence-corrected chi connectivity index (χ3v) is 1.72. The molecule has 1 aromatic rings. The Kier molecular flexibility index (Phi) is 3.48. The van der Waals surface area contributed by atoms with Crippen LogP contribution in [0.1, 0.15) is 10.5 Å². The van der Waals surface area contributed by atoms with Crippen molar-refractivity contribution in [1.82, 2.24) is 15.1 Å². The van der Waals surface area contributed by atoms with Crippen LogP contribution in [0.2, 0.25) is 0 Å². The molecular formula is C7H8F2N4O3. The van der Waals surface area contributed by atoms with Crippen molar-refractivity contribution in [2.75, 3.05) is 7.05 Å². The number of alkyl halides is 2. The van der Waals surface area contributed by atoms with Crippen LogP contribution >= 0.6 is 0 Å². The Labute approximate surface area is 88.2 Å². The number of nitrogens with one attached hydrogen (secondary N) is 1. The molecule has 0 aliphatic heterocycles. The molecule has 0 saturated heterocycles. The highest BCUT2D eigenvalue weighted by Crippen LogP contribution is 2.13. The lowest BCUT2D eigenvalue weighted by Crippen LogP contribution is -2.23. The molecule has 16 heavy (non-hydrogen) atoms. The van der Waals surface area contributed by atoms with Crippen molar-refractivity contribution >= 4 is 11.7 Å². The van der Waals surface area contributed by atoms with Gasteiger partial charge in [-0.1, -0.05) is 0 Å². The van der Waals surface area contributed by atoms with Crippen LogP contribution in [0.5, 0.6) is 0 Å². The Morgan fingerprint density at radius 1 is 1.75 bits per heavy atom. The fraction of sp³-hybridized carbons (Fsp3) is 0.429. The maximum absolute atomic E-state index is 12.1. The lowest BCUT2D eigenvalue weighted by molar-refractivity contribution is -0.389. The monoisotopic (exact) mass is 234 g/mol. The van der Waals surface area contributed by atoms with Crippen LogP contribution in [0.3, 0.4) is 0 Å². The summed E-state index contributed by atoms with van der Waals surface area (Å²) in [6.07, 6.45) is -2.75. The number of aromatic nitrogens is 2. The zero-order valence-electron chi connectivity index (χ0n) is 8.18. The largest absolute Gasteiger partial charge is 0.390 e. The molecule has 0 fully saturated rings. The van der Waals surface area contributed by atoms with Gasteiger partial charge in [-0.15, -0.1) is 0 Å². The van der Waals surface area contributed by atoms with E-state index in [1.807, 2.05) is 0 Å². The SMILES string of the molecule is CNC(=O)c1cc([N+](=O)[O-])nn1CC(F)F. The van der Waals surface area contributed by atoms with Gasteiger partial charge >= 0.3 is 5.82 Å². The normalized spacial score (nSPS) is 10.5. The van der Waals surface area contributed by atoms with Gasteiger partial charge < -0.3 is 15.4 Å². The second kappa shape index (κ2) is 4.64. The van der Waals surface area contributed by atoms with E-state index in [0.29, 0.717) is 4.68 Å². The van der Waals surface area contributed by atoms with E-state index in [0.717, 1.165) is 6.07 Å². The molecule has 1 rings (SSSR count). The molecule has 1 heterocycles. The van der Waals surface area contributed by atoms with Crippen LogP contribution < -0.4 is 5.32 Å². The van der Waals surface area contributed by atoms with Crippen molar-refractivity contribution < 1.29 is 18.5 Å². The number of carbonyl (C=O) groups is 1. The minimum absolute atomic E-state index is 0.269. The summed E-state index contributed by atoms with van der Waals surface area (Å²) < 4.78 is 24.8. The maximum Gasteiger partial charge on any atom is 0.390 e. The molecule has 0 saturated carbocycles. The molecule has 88 valence electrons. The van der Waals surface area contributed by atoms with Crippen LogP contribution in [0.4, 0.5) is 14.6 Å². The van der Waals surface area contributed by atoms with E-state index in [9.17, 15) is 23.7 Å². The van der Waals surface area contributed by atoms with Crippen molar-refractivity contribution in [3.63, 3.8) is 0 Å². The number of nitrogens with zero attached hydrogens (tertiary/aromatic N) is 3. The van der Waals surface area contributed by atoms with Gasteiger partial charge in [0.2, 0.25) is 0 Å². The number of rotatable bonds is 4. The Balaban J connectivity index is 3.12. The third kappa shape index (κ3) is 2.49. The third-order valence-electron chi connectivity index (χ3n) is 1.72. The molecule has 0 aromatic carbocycles. The molecule has 0 aliphatic rings. The summed E-state index contributed by atoms with van der Waals surface area (Å²) in [7, 11) is 1.29. The summed E-state index contributed by atoms with van der Waals surface area (Å²) in [5, 5.41) is 15.8. The van der Waals surface area contributed by atoms with Crippen molar-refractivity contribution in [2.24, 2.45) is 0 Å². The Bertz CT molecular complexity index is 418. The lowest BCUT2D eigenvalue weighted by atomic mass is 10.4. The molecule has 0 atom stereocenters. The fourth-order valence-electron chi connectivity index (χ4n) is 1.07. The topological polar surface area (TPSA) is 90.1 Å². The average Bonchev–Trinajstić information content (AvgIpc) is 2.59. The van der Waals surface area contributed by atoms with Crippen LogP contribution in [0, 0.1) is 10.1 Å². The Morgan fingerprint density at radius 3 is 2.81 bits per heavy atom. The smallest absolute Gasteiger partial charge is 0.358 e. The fourth-order valence-corrected chi connectivity index (χ4v) is 1.07. The minimum Gasteiger partial charge on any atom is -0.358 e. The number of carbonyl (C=O) groups excluding carboxylic acids is 1. The highest BCUT2D eigenvalue weighted by atomic mass is 19.3. The number of amides is 1. The highest BCUT2D eigenvalue weighted by molar-refractivity contribution is 5.92. The first-order valence-electron chi connectivity index (χ1n) is 4.18. The summed E-state index contributed by atoms with van der Waals surface area (Å²) in [5.74, 6) is -1.35. The summed E-state index contributed by atoms with van der Waals surface area (Å²) in [6, 6.07) is 0.848. The molecule has 0 unspecified atom stereocenters. The quantitative estimate of drug-likeness (QED) is 0.603. The van der Waals surface area contributed by atoms with Crippen molar-refractivity contribution in [1.29, 1.82) is 0 Å². The maximum atomic E-state index is 12.1. The van der Waals surface area contributed by atoms with Crippen LogP contribution in [0.25, 0.3) is 0 Å². The predicted molar refractivity (Wildman–Crippen MR) is 48.3 cm³/mol. The second-order valence-electron chi connectivity index (χ2n) is 2.80. The van der Waals surface area contributed by atoms with E-state index in [2.05, 4.69) is 10.4 Å². The van der Waals surface area contributed by atoms with Gasteiger partial charge in [0.05, 0.1) is 11.2 Å². The number of nitro groups is 1. The minimum atomic E-state index is -2.75. The van der Waals surface area contributed by atoms with E-state index in [4.69, 9.17) is 0 Å². The van der Waals surface area contributed by atoms with Crippen LogP contribution in [-0.4, -0.2) is 34.1 Å². The standard InChI is InChI=1S/C7H8F2N4O3/c1-10-7(14)4-2-6(13(15)16)11-12(4)3-5(8)9/h2,5H,3H2,1H3,(H,10,14). The highest BCUT2D eigenvalue weighted by Gasteiger charge is 2.24. The van der Waals surface area contributed by atoms with Gasteiger partial charge in [-0.25, -0.2) is 8.78 Å². The zero-order valence-corrected chi connectivity index (χ0v) is 8.18. The lowest BCUT2D eigenvalue weighted by Gasteiger charge is -2.00. The van der Waals surface area contributed by atoms with Crippen LogP contribution in [-0.2, 0) is 6.54 Å². The first-order valence-corrected chi connectivity index (χ1v) is 4.18. The van der Waals surface area contributed by atoms with Crippen molar-refractivity contribution in [2.45, 2.75) is 13.0 Å². The van der Waals surface area contributed by atoms with Gasteiger partial charge in [0, 0.05) is 7.05 Å². The van der Waals surface area contributed by atoms with Gasteiger partial charge in [0.1, 0.15) is 6.54 Å². The molecule has 1 N–H and O–H groups in total. The summed E-state index contributed by atoms with van der Waals surface area (Å²) in [5.41, 5.74) is -0.269. The van der Waals surface area contributed by atoms with E-state index < -0.39 is 29.6 Å². The van der Waals surface area contributed by atoms with E-state index in [-0.39, 0.29) is 5.69 Å². The van der Waals surface area contributed by atoms with Gasteiger partial charge in [0.25, 0.3) is 12.3 Å². The molecule has 0 spiro atoms. The van der Waals surface area contributed by atoms with E-state index in [1.165, 1.54) is 7.05 Å².